The number of nitrogens with zero attached hydrogens (tertiary/aromatic N) is 1. The molecular weight excluding hydrogens is 270 g/mol. The quantitative estimate of drug-likeness (QED) is 0.801. The Kier molecular flexibility index (Phi) is 5.01. The summed E-state index contributed by atoms with van der Waals surface area (Å²) < 4.78 is 11.1. The van der Waals surface area contributed by atoms with E-state index in [-0.39, 0.29) is 0 Å². The van der Waals surface area contributed by atoms with E-state index in [0.29, 0.717) is 19.1 Å². The second-order valence-electron chi connectivity index (χ2n) is 4.58. The third kappa shape index (κ3) is 3.12. The smallest absolute Gasteiger partial charge is 0.162 e. The first-order chi connectivity index (χ1) is 9.74. The van der Waals surface area contributed by atoms with Crippen LogP contribution in [0.2, 0.25) is 0 Å². The van der Waals surface area contributed by atoms with Crippen LogP contribution in [0.15, 0.2) is 23.6 Å². The number of aromatic nitrogens is 1. The minimum absolute atomic E-state index is 0.473. The van der Waals surface area contributed by atoms with Gasteiger partial charge in [0, 0.05) is 16.9 Å². The van der Waals surface area contributed by atoms with Crippen molar-refractivity contribution in [2.45, 2.75) is 33.6 Å². The first-order valence-electron chi connectivity index (χ1n) is 7.09. The van der Waals surface area contributed by atoms with Crippen LogP contribution < -0.4 is 9.47 Å². The number of benzene rings is 1. The van der Waals surface area contributed by atoms with Crippen molar-refractivity contribution in [3.05, 3.63) is 28.6 Å². The van der Waals surface area contributed by atoms with E-state index >= 15 is 0 Å². The van der Waals surface area contributed by atoms with E-state index in [9.17, 15) is 0 Å². The molecule has 0 amide bonds. The van der Waals surface area contributed by atoms with Crippen molar-refractivity contribution in [2.24, 2.45) is 0 Å². The molecule has 3 rings (SSSR count). The highest BCUT2D eigenvalue weighted by Gasteiger charge is 2.14. The molecule has 1 aliphatic heterocycles. The number of fused-ring (bicyclic) bond motifs is 1. The molecule has 0 N–H and O–H groups in total. The molecule has 2 heterocycles. The molecule has 0 bridgehead atoms. The average Bonchev–Trinajstić information content (AvgIpc) is 2.99. The molecule has 1 aliphatic rings. The predicted molar refractivity (Wildman–Crippen MR) is 84.0 cm³/mol. The standard InChI is InChI=1S/C14H15NO2S.C2H6/c1-9(2)14-15-11(8-18-14)10-3-4-12-13(7-10)17-6-5-16-12;1-2/h3-4,7-9H,5-6H2,1-2H3;1-2H3. The van der Waals surface area contributed by atoms with Crippen molar-refractivity contribution in [1.29, 1.82) is 0 Å². The van der Waals surface area contributed by atoms with Crippen molar-refractivity contribution in [3.8, 4) is 22.8 Å². The highest BCUT2D eigenvalue weighted by atomic mass is 32.1. The molecule has 108 valence electrons. The van der Waals surface area contributed by atoms with Crippen molar-refractivity contribution < 1.29 is 9.47 Å². The summed E-state index contributed by atoms with van der Waals surface area (Å²) in [6.45, 7) is 9.56. The summed E-state index contributed by atoms with van der Waals surface area (Å²) in [5.74, 6) is 2.11. The largest absolute Gasteiger partial charge is 0.486 e. The maximum Gasteiger partial charge on any atom is 0.162 e. The molecule has 4 heteroatoms. The third-order valence-corrected chi connectivity index (χ3v) is 4.00. The lowest BCUT2D eigenvalue weighted by molar-refractivity contribution is 0.171. The van der Waals surface area contributed by atoms with E-state index in [1.54, 1.807) is 11.3 Å². The van der Waals surface area contributed by atoms with Crippen molar-refractivity contribution in [3.63, 3.8) is 0 Å². The first kappa shape index (κ1) is 14.9. The maximum atomic E-state index is 5.59. The minimum Gasteiger partial charge on any atom is -0.486 e. The van der Waals surface area contributed by atoms with Crippen LogP contribution in [0.25, 0.3) is 11.3 Å². The van der Waals surface area contributed by atoms with Gasteiger partial charge >= 0.3 is 0 Å². The Morgan fingerprint density at radius 1 is 1.10 bits per heavy atom. The van der Waals surface area contributed by atoms with Crippen LogP contribution in [-0.2, 0) is 0 Å². The van der Waals surface area contributed by atoms with Crippen molar-refractivity contribution in [2.75, 3.05) is 13.2 Å². The molecule has 20 heavy (non-hydrogen) atoms. The summed E-state index contributed by atoms with van der Waals surface area (Å²) in [5.41, 5.74) is 2.10. The molecule has 0 atom stereocenters. The zero-order valence-corrected chi connectivity index (χ0v) is 13.3. The second kappa shape index (κ2) is 6.75. The number of hydrogen-bond acceptors (Lipinski definition) is 4. The van der Waals surface area contributed by atoms with Crippen LogP contribution in [0, 0.1) is 0 Å². The Balaban J connectivity index is 0.000000704. The molecule has 2 aromatic rings. The molecule has 0 saturated heterocycles. The highest BCUT2D eigenvalue weighted by molar-refractivity contribution is 7.10. The van der Waals surface area contributed by atoms with Gasteiger partial charge in [0.15, 0.2) is 11.5 Å². The summed E-state index contributed by atoms with van der Waals surface area (Å²) in [6.07, 6.45) is 0. The minimum atomic E-state index is 0.473. The Labute approximate surface area is 124 Å². The number of thiazole rings is 1. The molecule has 0 spiro atoms. The molecule has 0 saturated carbocycles. The maximum absolute atomic E-state index is 5.59. The number of ether oxygens (including phenoxy) is 2. The lowest BCUT2D eigenvalue weighted by Gasteiger charge is -2.18. The molecule has 0 fully saturated rings. The summed E-state index contributed by atoms with van der Waals surface area (Å²) in [5, 5.41) is 3.26. The molecule has 3 nitrogen and oxygen atoms in total. The van der Waals surface area contributed by atoms with Gasteiger partial charge in [-0.1, -0.05) is 27.7 Å². The summed E-state index contributed by atoms with van der Waals surface area (Å²) in [4.78, 5) is 4.65. The van der Waals surface area contributed by atoms with Crippen molar-refractivity contribution in [1.82, 2.24) is 4.98 Å². The van der Waals surface area contributed by atoms with Crippen LogP contribution in [0.4, 0.5) is 0 Å². The predicted octanol–water partition coefficient (Wildman–Crippen LogP) is 4.73. The number of hydrogen-bond donors (Lipinski definition) is 0. The highest BCUT2D eigenvalue weighted by Crippen LogP contribution is 2.35. The van der Waals surface area contributed by atoms with Gasteiger partial charge in [0.25, 0.3) is 0 Å². The van der Waals surface area contributed by atoms with Gasteiger partial charge < -0.3 is 9.47 Å². The van der Waals surface area contributed by atoms with Gasteiger partial charge in [0.1, 0.15) is 13.2 Å². The zero-order valence-electron chi connectivity index (χ0n) is 12.5. The fourth-order valence-corrected chi connectivity index (χ4v) is 2.73. The van der Waals surface area contributed by atoms with Crippen molar-refractivity contribution >= 4 is 11.3 Å². The van der Waals surface area contributed by atoms with Crippen LogP contribution in [0.1, 0.15) is 38.6 Å². The van der Waals surface area contributed by atoms with Crippen LogP contribution in [-0.4, -0.2) is 18.2 Å². The third-order valence-electron chi connectivity index (χ3n) is 2.85. The van der Waals surface area contributed by atoms with Crippen LogP contribution in [0.3, 0.4) is 0 Å². The van der Waals surface area contributed by atoms with Gasteiger partial charge in [0.2, 0.25) is 0 Å². The normalized spacial score (nSPS) is 12.8. The Morgan fingerprint density at radius 3 is 2.45 bits per heavy atom. The molecule has 0 aliphatic carbocycles. The Bertz CT molecular complexity index is 563. The average molecular weight is 291 g/mol. The van der Waals surface area contributed by atoms with Crippen LogP contribution >= 0.6 is 11.3 Å². The molecule has 1 aromatic heterocycles. The zero-order chi connectivity index (χ0) is 14.5. The van der Waals surface area contributed by atoms with Gasteiger partial charge in [-0.05, 0) is 18.2 Å². The Morgan fingerprint density at radius 2 is 1.80 bits per heavy atom. The van der Waals surface area contributed by atoms with Gasteiger partial charge in [-0.3, -0.25) is 0 Å². The van der Waals surface area contributed by atoms with Gasteiger partial charge in [-0.2, -0.15) is 0 Å². The Hall–Kier alpha value is -1.55. The topological polar surface area (TPSA) is 31.4 Å². The molecule has 0 unspecified atom stereocenters. The van der Waals surface area contributed by atoms with Gasteiger partial charge in [-0.15, -0.1) is 11.3 Å². The summed E-state index contributed by atoms with van der Waals surface area (Å²) in [6, 6.07) is 6.00. The fraction of sp³-hybridized carbons (Fsp3) is 0.438. The van der Waals surface area contributed by atoms with E-state index < -0.39 is 0 Å². The first-order valence-corrected chi connectivity index (χ1v) is 7.97. The molecule has 1 aromatic carbocycles. The SMILES string of the molecule is CC.CC(C)c1nc(-c2ccc3c(c2)OCCO3)cs1. The molecule has 0 radical (unpaired) electrons. The second-order valence-corrected chi connectivity index (χ2v) is 5.47. The summed E-state index contributed by atoms with van der Waals surface area (Å²) >= 11 is 1.71. The van der Waals surface area contributed by atoms with E-state index in [4.69, 9.17) is 9.47 Å². The van der Waals surface area contributed by atoms with E-state index in [0.717, 1.165) is 22.8 Å². The van der Waals surface area contributed by atoms with Crippen LogP contribution in [0.5, 0.6) is 11.5 Å². The van der Waals surface area contributed by atoms with Gasteiger partial charge in [-0.25, -0.2) is 4.98 Å². The molecular formula is C16H21NO2S. The van der Waals surface area contributed by atoms with Gasteiger partial charge in [0.05, 0.1) is 10.7 Å². The van der Waals surface area contributed by atoms with E-state index in [1.807, 2.05) is 32.0 Å². The number of rotatable bonds is 2. The fourth-order valence-electron chi connectivity index (χ4n) is 1.89. The lowest BCUT2D eigenvalue weighted by Crippen LogP contribution is -2.15. The summed E-state index contributed by atoms with van der Waals surface area (Å²) in [7, 11) is 0. The lowest BCUT2D eigenvalue weighted by atomic mass is 10.1. The van der Waals surface area contributed by atoms with E-state index in [2.05, 4.69) is 24.2 Å². The van der Waals surface area contributed by atoms with E-state index in [1.165, 1.54) is 5.01 Å². The monoisotopic (exact) mass is 291 g/mol.